The molecule has 174 valence electrons. The lowest BCUT2D eigenvalue weighted by molar-refractivity contribution is 0.0733. The Labute approximate surface area is 189 Å². The SMILES string of the molecule is CC(C)COC(=O)N1CCC(COc2ccc(-c3ccc(S(C)(=O)=O)cc3F)cc2)CC1. The Balaban J connectivity index is 1.50. The molecule has 1 aliphatic heterocycles. The molecule has 0 bridgehead atoms. The number of carbonyl (C=O) groups is 1. The Morgan fingerprint density at radius 3 is 2.34 bits per heavy atom. The summed E-state index contributed by atoms with van der Waals surface area (Å²) in [5, 5.41) is 0. The number of hydrogen-bond donors (Lipinski definition) is 0. The van der Waals surface area contributed by atoms with Crippen LogP contribution in [0, 0.1) is 17.7 Å². The Bertz CT molecular complexity index is 1030. The lowest BCUT2D eigenvalue weighted by Gasteiger charge is -2.31. The second-order valence-corrected chi connectivity index (χ2v) is 10.7. The largest absolute Gasteiger partial charge is 0.493 e. The lowest BCUT2D eigenvalue weighted by Crippen LogP contribution is -2.40. The van der Waals surface area contributed by atoms with Crippen LogP contribution in [0.5, 0.6) is 5.75 Å². The van der Waals surface area contributed by atoms with Crippen molar-refractivity contribution >= 4 is 15.9 Å². The number of nitrogens with zero attached hydrogens (tertiary/aromatic N) is 1. The number of hydrogen-bond acceptors (Lipinski definition) is 5. The van der Waals surface area contributed by atoms with Crippen molar-refractivity contribution < 1.29 is 27.1 Å². The van der Waals surface area contributed by atoms with Crippen molar-refractivity contribution in [2.75, 3.05) is 32.6 Å². The highest BCUT2D eigenvalue weighted by Crippen LogP contribution is 2.27. The zero-order valence-electron chi connectivity index (χ0n) is 18.7. The summed E-state index contributed by atoms with van der Waals surface area (Å²) in [6.07, 6.45) is 2.51. The molecular formula is C24H30FNO5S. The number of ether oxygens (including phenoxy) is 2. The molecule has 3 rings (SSSR count). The minimum absolute atomic E-state index is 0.0436. The number of carbonyl (C=O) groups excluding carboxylic acids is 1. The van der Waals surface area contributed by atoms with Gasteiger partial charge in [0.2, 0.25) is 0 Å². The highest BCUT2D eigenvalue weighted by molar-refractivity contribution is 7.90. The average molecular weight is 464 g/mol. The monoisotopic (exact) mass is 463 g/mol. The van der Waals surface area contributed by atoms with Crippen LogP contribution in [-0.4, -0.2) is 52.0 Å². The third-order valence-corrected chi connectivity index (χ3v) is 6.54. The van der Waals surface area contributed by atoms with E-state index in [4.69, 9.17) is 9.47 Å². The van der Waals surface area contributed by atoms with Crippen LogP contribution < -0.4 is 4.74 Å². The van der Waals surface area contributed by atoms with Gasteiger partial charge in [-0.1, -0.05) is 32.0 Å². The predicted octanol–water partition coefficient (Wildman–Crippen LogP) is 4.78. The van der Waals surface area contributed by atoms with Gasteiger partial charge in [-0.15, -0.1) is 0 Å². The van der Waals surface area contributed by atoms with Gasteiger partial charge in [-0.05, 0) is 54.5 Å². The third-order valence-electron chi connectivity index (χ3n) is 5.43. The van der Waals surface area contributed by atoms with Crippen LogP contribution in [0.1, 0.15) is 26.7 Å². The normalized spacial score (nSPS) is 15.1. The zero-order valence-corrected chi connectivity index (χ0v) is 19.5. The van der Waals surface area contributed by atoms with E-state index in [9.17, 15) is 17.6 Å². The molecule has 1 heterocycles. The molecule has 0 unspecified atom stereocenters. The van der Waals surface area contributed by atoms with Crippen molar-refractivity contribution in [3.05, 3.63) is 48.3 Å². The molecule has 0 radical (unpaired) electrons. The standard InChI is InChI=1S/C24H30FNO5S/c1-17(2)15-31-24(27)26-12-10-18(11-13-26)16-30-20-6-4-19(5-7-20)22-9-8-21(14-23(22)25)32(3,28)29/h4-9,14,17-18H,10-13,15-16H2,1-3H3. The van der Waals surface area contributed by atoms with Gasteiger partial charge in [0.05, 0.1) is 18.1 Å². The van der Waals surface area contributed by atoms with E-state index in [1.165, 1.54) is 12.1 Å². The van der Waals surface area contributed by atoms with Crippen LogP contribution in [0.3, 0.4) is 0 Å². The first-order valence-electron chi connectivity index (χ1n) is 10.8. The van der Waals surface area contributed by atoms with Gasteiger partial charge in [-0.3, -0.25) is 0 Å². The predicted molar refractivity (Wildman–Crippen MR) is 121 cm³/mol. The molecule has 2 aromatic rings. The summed E-state index contributed by atoms with van der Waals surface area (Å²) in [6, 6.07) is 11.0. The number of piperidine rings is 1. The van der Waals surface area contributed by atoms with Gasteiger partial charge in [0, 0.05) is 24.9 Å². The van der Waals surface area contributed by atoms with Gasteiger partial charge < -0.3 is 14.4 Å². The topological polar surface area (TPSA) is 72.9 Å². The number of benzene rings is 2. The van der Waals surface area contributed by atoms with Crippen molar-refractivity contribution in [2.24, 2.45) is 11.8 Å². The summed E-state index contributed by atoms with van der Waals surface area (Å²) in [5.74, 6) is 0.769. The second kappa shape index (κ2) is 10.3. The van der Waals surface area contributed by atoms with E-state index in [2.05, 4.69) is 0 Å². The summed E-state index contributed by atoms with van der Waals surface area (Å²) >= 11 is 0. The van der Waals surface area contributed by atoms with Crippen molar-refractivity contribution in [1.29, 1.82) is 0 Å². The summed E-state index contributed by atoms with van der Waals surface area (Å²) in [5.41, 5.74) is 0.976. The van der Waals surface area contributed by atoms with Crippen LogP contribution in [0.4, 0.5) is 9.18 Å². The van der Waals surface area contributed by atoms with Gasteiger partial charge in [-0.25, -0.2) is 17.6 Å². The van der Waals surface area contributed by atoms with Crippen LogP contribution >= 0.6 is 0 Å². The molecule has 8 heteroatoms. The highest BCUT2D eigenvalue weighted by Gasteiger charge is 2.24. The second-order valence-electron chi connectivity index (χ2n) is 8.65. The molecule has 32 heavy (non-hydrogen) atoms. The number of halogens is 1. The molecule has 1 aliphatic rings. The Hall–Kier alpha value is -2.61. The average Bonchev–Trinajstić information content (AvgIpc) is 2.76. The highest BCUT2D eigenvalue weighted by atomic mass is 32.2. The number of likely N-dealkylation sites (tertiary alicyclic amines) is 1. The van der Waals surface area contributed by atoms with Crippen LogP contribution in [0.15, 0.2) is 47.4 Å². The Morgan fingerprint density at radius 1 is 1.12 bits per heavy atom. The fourth-order valence-electron chi connectivity index (χ4n) is 3.52. The lowest BCUT2D eigenvalue weighted by atomic mass is 9.98. The molecule has 0 aliphatic carbocycles. The first-order valence-corrected chi connectivity index (χ1v) is 12.7. The van der Waals surface area contributed by atoms with E-state index in [0.717, 1.165) is 25.2 Å². The van der Waals surface area contributed by atoms with E-state index in [0.29, 0.717) is 55.0 Å². The van der Waals surface area contributed by atoms with E-state index in [1.807, 2.05) is 13.8 Å². The number of amides is 1. The van der Waals surface area contributed by atoms with Crippen LogP contribution in [0.25, 0.3) is 11.1 Å². The molecule has 0 atom stereocenters. The molecule has 2 aromatic carbocycles. The molecule has 0 N–H and O–H groups in total. The smallest absolute Gasteiger partial charge is 0.409 e. The van der Waals surface area contributed by atoms with Crippen LogP contribution in [-0.2, 0) is 14.6 Å². The third kappa shape index (κ3) is 6.45. The van der Waals surface area contributed by atoms with Crippen molar-refractivity contribution in [3.63, 3.8) is 0 Å². The minimum Gasteiger partial charge on any atom is -0.493 e. The molecule has 1 saturated heterocycles. The van der Waals surface area contributed by atoms with E-state index >= 15 is 0 Å². The fraction of sp³-hybridized carbons (Fsp3) is 0.458. The maximum atomic E-state index is 14.4. The summed E-state index contributed by atoms with van der Waals surface area (Å²) < 4.78 is 48.7. The first kappa shape index (κ1) is 24.0. The molecule has 1 amide bonds. The fourth-order valence-corrected chi connectivity index (χ4v) is 4.15. The first-order chi connectivity index (χ1) is 15.1. The maximum absolute atomic E-state index is 14.4. The summed E-state index contributed by atoms with van der Waals surface area (Å²) in [4.78, 5) is 13.7. The van der Waals surface area contributed by atoms with Crippen molar-refractivity contribution in [1.82, 2.24) is 4.90 Å². The number of rotatable bonds is 7. The quantitative estimate of drug-likeness (QED) is 0.591. The molecule has 0 aromatic heterocycles. The molecule has 0 spiro atoms. The summed E-state index contributed by atoms with van der Waals surface area (Å²) in [6.45, 7) is 6.32. The van der Waals surface area contributed by atoms with E-state index in [-0.39, 0.29) is 11.0 Å². The molecular weight excluding hydrogens is 433 g/mol. The van der Waals surface area contributed by atoms with Crippen LogP contribution in [0.2, 0.25) is 0 Å². The van der Waals surface area contributed by atoms with Gasteiger partial charge in [-0.2, -0.15) is 0 Å². The van der Waals surface area contributed by atoms with Crippen molar-refractivity contribution in [3.8, 4) is 16.9 Å². The van der Waals surface area contributed by atoms with E-state index in [1.54, 1.807) is 29.2 Å². The zero-order chi connectivity index (χ0) is 23.3. The Morgan fingerprint density at radius 2 is 1.78 bits per heavy atom. The Kier molecular flexibility index (Phi) is 7.77. The minimum atomic E-state index is -3.45. The van der Waals surface area contributed by atoms with Gasteiger partial charge in [0.15, 0.2) is 9.84 Å². The molecule has 6 nitrogen and oxygen atoms in total. The maximum Gasteiger partial charge on any atom is 0.409 e. The van der Waals surface area contributed by atoms with Gasteiger partial charge in [0.1, 0.15) is 11.6 Å². The van der Waals surface area contributed by atoms with E-state index < -0.39 is 15.7 Å². The van der Waals surface area contributed by atoms with Crippen molar-refractivity contribution in [2.45, 2.75) is 31.6 Å². The summed E-state index contributed by atoms with van der Waals surface area (Å²) in [7, 11) is -3.45. The molecule has 0 saturated carbocycles. The number of sulfone groups is 1. The van der Waals surface area contributed by atoms with Gasteiger partial charge >= 0.3 is 6.09 Å². The molecule has 1 fully saturated rings. The van der Waals surface area contributed by atoms with Gasteiger partial charge in [0.25, 0.3) is 0 Å².